The van der Waals surface area contributed by atoms with Crippen LogP contribution in [0.4, 0.5) is 0 Å². The Labute approximate surface area is 148 Å². The van der Waals surface area contributed by atoms with Crippen molar-refractivity contribution in [2.45, 2.75) is 44.6 Å². The molecule has 3 aliphatic rings. The van der Waals surface area contributed by atoms with E-state index >= 15 is 0 Å². The molecule has 3 heterocycles. The molecule has 4 rings (SSSR count). The number of aryl methyl sites for hydroxylation is 1. The number of fused-ring (bicyclic) bond motifs is 1. The Morgan fingerprint density at radius 1 is 1.24 bits per heavy atom. The van der Waals surface area contributed by atoms with Gasteiger partial charge in [-0.2, -0.15) is 0 Å². The number of nitrogens with zero attached hydrogens (tertiary/aromatic N) is 4. The standard InChI is InChI=1S/C18H27N5O2/c1-21-14-6-3-2-5-13(14)20-18(21)15-7-4-9-22(15)12-17(25)23-10-8-19-16(24)11-23/h15H,2-12H2,1H3,(H,19,24). The molecule has 0 aromatic carbocycles. The van der Waals surface area contributed by atoms with Crippen molar-refractivity contribution >= 4 is 11.8 Å². The minimum absolute atomic E-state index is 0.0562. The molecule has 1 aromatic heterocycles. The van der Waals surface area contributed by atoms with Crippen LogP contribution in [0.25, 0.3) is 0 Å². The number of piperazine rings is 1. The van der Waals surface area contributed by atoms with Crippen molar-refractivity contribution in [2.24, 2.45) is 7.05 Å². The number of rotatable bonds is 3. The van der Waals surface area contributed by atoms with E-state index in [0.29, 0.717) is 19.6 Å². The molecule has 2 fully saturated rings. The zero-order valence-corrected chi connectivity index (χ0v) is 15.0. The third-order valence-corrected chi connectivity index (χ3v) is 5.80. The largest absolute Gasteiger partial charge is 0.353 e. The lowest BCUT2D eigenvalue weighted by Gasteiger charge is -2.30. The fraction of sp³-hybridized carbons (Fsp3) is 0.722. The molecule has 2 aliphatic heterocycles. The summed E-state index contributed by atoms with van der Waals surface area (Å²) in [6.45, 7) is 2.66. The number of aromatic nitrogens is 2. The second-order valence-electron chi connectivity index (χ2n) is 7.42. The molecule has 7 heteroatoms. The number of imidazole rings is 1. The monoisotopic (exact) mass is 345 g/mol. The smallest absolute Gasteiger partial charge is 0.239 e. The van der Waals surface area contributed by atoms with E-state index in [1.807, 2.05) is 0 Å². The number of likely N-dealkylation sites (tertiary alicyclic amines) is 1. The summed E-state index contributed by atoms with van der Waals surface area (Å²) in [7, 11) is 2.12. The molecular formula is C18H27N5O2. The van der Waals surface area contributed by atoms with E-state index < -0.39 is 0 Å². The normalized spacial score (nSPS) is 24.3. The number of amides is 2. The molecule has 0 radical (unpaired) electrons. The average molecular weight is 345 g/mol. The van der Waals surface area contributed by atoms with Crippen LogP contribution in [0.5, 0.6) is 0 Å². The quantitative estimate of drug-likeness (QED) is 0.861. The minimum Gasteiger partial charge on any atom is -0.353 e. The van der Waals surface area contributed by atoms with Crippen LogP contribution >= 0.6 is 0 Å². The molecule has 0 spiro atoms. The topological polar surface area (TPSA) is 70.5 Å². The van der Waals surface area contributed by atoms with Crippen LogP contribution in [0.3, 0.4) is 0 Å². The van der Waals surface area contributed by atoms with E-state index in [4.69, 9.17) is 4.98 Å². The molecule has 1 aliphatic carbocycles. The Morgan fingerprint density at radius 2 is 2.08 bits per heavy atom. The van der Waals surface area contributed by atoms with Gasteiger partial charge in [-0.15, -0.1) is 0 Å². The molecule has 136 valence electrons. The van der Waals surface area contributed by atoms with Crippen molar-refractivity contribution in [3.05, 3.63) is 17.2 Å². The van der Waals surface area contributed by atoms with Gasteiger partial charge in [-0.1, -0.05) is 0 Å². The van der Waals surface area contributed by atoms with E-state index in [2.05, 4.69) is 21.8 Å². The molecule has 1 atom stereocenters. The summed E-state index contributed by atoms with van der Waals surface area (Å²) < 4.78 is 2.27. The molecule has 1 unspecified atom stereocenters. The van der Waals surface area contributed by atoms with Crippen LogP contribution in [-0.4, -0.2) is 63.9 Å². The Morgan fingerprint density at radius 3 is 2.88 bits per heavy atom. The molecule has 1 N–H and O–H groups in total. The van der Waals surface area contributed by atoms with Gasteiger partial charge in [0, 0.05) is 25.8 Å². The number of hydrogen-bond acceptors (Lipinski definition) is 4. The Balaban J connectivity index is 1.48. The predicted molar refractivity (Wildman–Crippen MR) is 93.0 cm³/mol. The summed E-state index contributed by atoms with van der Waals surface area (Å²) >= 11 is 0. The van der Waals surface area contributed by atoms with Gasteiger partial charge in [0.1, 0.15) is 5.82 Å². The maximum absolute atomic E-state index is 12.6. The fourth-order valence-electron chi connectivity index (χ4n) is 4.44. The van der Waals surface area contributed by atoms with Crippen LogP contribution in [0.1, 0.15) is 48.9 Å². The van der Waals surface area contributed by atoms with Gasteiger partial charge in [0.05, 0.1) is 24.8 Å². The zero-order chi connectivity index (χ0) is 17.4. The van der Waals surface area contributed by atoms with Gasteiger partial charge in [0.2, 0.25) is 11.8 Å². The number of carbonyl (C=O) groups is 2. The summed E-state index contributed by atoms with van der Waals surface area (Å²) in [5.41, 5.74) is 2.64. The summed E-state index contributed by atoms with van der Waals surface area (Å²) in [6.07, 6.45) is 6.82. The molecule has 0 saturated carbocycles. The van der Waals surface area contributed by atoms with E-state index in [0.717, 1.165) is 38.1 Å². The van der Waals surface area contributed by atoms with Crippen molar-refractivity contribution < 1.29 is 9.59 Å². The number of carbonyl (C=O) groups excluding carboxylic acids is 2. The van der Waals surface area contributed by atoms with E-state index in [-0.39, 0.29) is 24.4 Å². The van der Waals surface area contributed by atoms with E-state index in [9.17, 15) is 9.59 Å². The first kappa shape index (κ1) is 16.6. The van der Waals surface area contributed by atoms with Gasteiger partial charge in [0.15, 0.2) is 0 Å². The van der Waals surface area contributed by atoms with Crippen LogP contribution in [-0.2, 0) is 29.5 Å². The molecule has 25 heavy (non-hydrogen) atoms. The van der Waals surface area contributed by atoms with Crippen LogP contribution in [0.2, 0.25) is 0 Å². The fourth-order valence-corrected chi connectivity index (χ4v) is 4.44. The highest BCUT2D eigenvalue weighted by molar-refractivity contribution is 5.86. The van der Waals surface area contributed by atoms with Crippen LogP contribution in [0, 0.1) is 0 Å². The molecule has 2 saturated heterocycles. The second-order valence-corrected chi connectivity index (χ2v) is 7.42. The highest BCUT2D eigenvalue weighted by atomic mass is 16.2. The SMILES string of the molecule is Cn1c(C2CCCN2CC(=O)N2CCNC(=O)C2)nc2c1CCCC2. The van der Waals surface area contributed by atoms with Gasteiger partial charge in [-0.25, -0.2) is 4.98 Å². The number of hydrogen-bond donors (Lipinski definition) is 1. The molecule has 7 nitrogen and oxygen atoms in total. The van der Waals surface area contributed by atoms with Crippen molar-refractivity contribution in [1.82, 2.24) is 24.7 Å². The summed E-state index contributed by atoms with van der Waals surface area (Å²) in [5.74, 6) is 1.11. The van der Waals surface area contributed by atoms with E-state index in [1.165, 1.54) is 24.2 Å². The summed E-state index contributed by atoms with van der Waals surface area (Å²) in [6, 6.07) is 0.221. The van der Waals surface area contributed by atoms with Gasteiger partial charge in [-0.3, -0.25) is 14.5 Å². The highest BCUT2D eigenvalue weighted by Crippen LogP contribution is 2.33. The van der Waals surface area contributed by atoms with Crippen molar-refractivity contribution in [1.29, 1.82) is 0 Å². The summed E-state index contributed by atoms with van der Waals surface area (Å²) in [4.78, 5) is 33.0. The Kier molecular flexibility index (Phi) is 4.50. The predicted octanol–water partition coefficient (Wildman–Crippen LogP) is 0.394. The second kappa shape index (κ2) is 6.78. The van der Waals surface area contributed by atoms with Crippen molar-refractivity contribution in [2.75, 3.05) is 32.7 Å². The third kappa shape index (κ3) is 3.17. The highest BCUT2D eigenvalue weighted by Gasteiger charge is 2.34. The van der Waals surface area contributed by atoms with E-state index in [1.54, 1.807) is 4.90 Å². The lowest BCUT2D eigenvalue weighted by Crippen LogP contribution is -2.52. The van der Waals surface area contributed by atoms with Crippen molar-refractivity contribution in [3.8, 4) is 0 Å². The molecular weight excluding hydrogens is 318 g/mol. The molecule has 2 amide bonds. The van der Waals surface area contributed by atoms with Gasteiger partial charge >= 0.3 is 0 Å². The first-order chi connectivity index (χ1) is 12.1. The van der Waals surface area contributed by atoms with Gasteiger partial charge in [0.25, 0.3) is 0 Å². The summed E-state index contributed by atoms with van der Waals surface area (Å²) in [5, 5.41) is 2.77. The third-order valence-electron chi connectivity index (χ3n) is 5.80. The van der Waals surface area contributed by atoms with Crippen molar-refractivity contribution in [3.63, 3.8) is 0 Å². The molecule has 1 aromatic rings. The number of nitrogens with one attached hydrogen (secondary N) is 1. The average Bonchev–Trinajstić information content (AvgIpc) is 3.19. The van der Waals surface area contributed by atoms with Gasteiger partial charge in [-0.05, 0) is 45.1 Å². The maximum Gasteiger partial charge on any atom is 0.239 e. The lowest BCUT2D eigenvalue weighted by atomic mass is 10.0. The lowest BCUT2D eigenvalue weighted by molar-refractivity contribution is -0.139. The maximum atomic E-state index is 12.6. The Bertz CT molecular complexity index is 683. The van der Waals surface area contributed by atoms with Crippen LogP contribution < -0.4 is 5.32 Å². The zero-order valence-electron chi connectivity index (χ0n) is 15.0. The molecule has 0 bridgehead atoms. The Hall–Kier alpha value is -1.89. The first-order valence-electron chi connectivity index (χ1n) is 9.46. The minimum atomic E-state index is -0.0608. The first-order valence-corrected chi connectivity index (χ1v) is 9.46. The van der Waals surface area contributed by atoms with Crippen LogP contribution in [0.15, 0.2) is 0 Å². The van der Waals surface area contributed by atoms with Gasteiger partial charge < -0.3 is 14.8 Å².